The molecule has 1 aromatic heterocycles. The molecular weight excluding hydrogens is 294 g/mol. The molecule has 0 aliphatic heterocycles. The summed E-state index contributed by atoms with van der Waals surface area (Å²) < 4.78 is 8.74. The van der Waals surface area contributed by atoms with Gasteiger partial charge in [-0.25, -0.2) is 4.98 Å². The van der Waals surface area contributed by atoms with Crippen LogP contribution in [-0.2, 0) is 11.3 Å². The van der Waals surface area contributed by atoms with Gasteiger partial charge in [-0.2, -0.15) is 0 Å². The monoisotopic (exact) mass is 309 g/mol. The smallest absolute Gasteiger partial charge is 0.201 e. The van der Waals surface area contributed by atoms with E-state index in [1.807, 2.05) is 18.2 Å². The minimum atomic E-state index is -0.0468. The maximum absolute atomic E-state index is 6.03. The molecule has 5 heteroatoms. The van der Waals surface area contributed by atoms with Gasteiger partial charge < -0.3 is 15.0 Å². The molecule has 0 amide bonds. The van der Waals surface area contributed by atoms with E-state index in [1.54, 1.807) is 7.11 Å². The van der Waals surface area contributed by atoms with Gasteiger partial charge in [-0.1, -0.05) is 15.9 Å². The first-order chi connectivity index (χ1) is 8.63. The lowest BCUT2D eigenvalue weighted by molar-refractivity contribution is -0.0824. The predicted molar refractivity (Wildman–Crippen MR) is 75.4 cm³/mol. The molecule has 0 bridgehead atoms. The molecule has 18 heavy (non-hydrogen) atoms. The second-order valence-electron chi connectivity index (χ2n) is 4.93. The van der Waals surface area contributed by atoms with Crippen LogP contribution in [0.4, 0.5) is 5.95 Å². The third-order valence-corrected chi connectivity index (χ3v) is 4.38. The molecule has 96 valence electrons. The molecule has 1 aliphatic rings. The first-order valence-corrected chi connectivity index (χ1v) is 6.89. The van der Waals surface area contributed by atoms with E-state index in [1.165, 1.54) is 6.42 Å². The summed E-state index contributed by atoms with van der Waals surface area (Å²) >= 11 is 3.45. The molecule has 0 spiro atoms. The fourth-order valence-corrected chi connectivity index (χ4v) is 2.92. The van der Waals surface area contributed by atoms with Gasteiger partial charge in [-0.3, -0.25) is 0 Å². The Bertz CT molecular complexity index is 584. The third kappa shape index (κ3) is 1.82. The molecule has 0 saturated heterocycles. The Balaban J connectivity index is 2.03. The van der Waals surface area contributed by atoms with Crippen LogP contribution >= 0.6 is 15.9 Å². The Morgan fingerprint density at radius 3 is 2.89 bits per heavy atom. The number of hydrogen-bond acceptors (Lipinski definition) is 3. The van der Waals surface area contributed by atoms with Gasteiger partial charge in [0.05, 0.1) is 23.2 Å². The number of imidazole rings is 1. The standard InChI is InChI=1S/C13H16BrN3O/c1-18-13(5-2-6-13)8-17-11-4-3-9(14)7-10(11)16-12(17)15/h3-4,7H,2,5-6,8H2,1H3,(H2,15,16). The van der Waals surface area contributed by atoms with E-state index in [2.05, 4.69) is 25.5 Å². The van der Waals surface area contributed by atoms with Crippen LogP contribution in [0.15, 0.2) is 22.7 Å². The normalized spacial score (nSPS) is 17.9. The fraction of sp³-hybridized carbons (Fsp3) is 0.462. The van der Waals surface area contributed by atoms with Crippen LogP contribution in [0.1, 0.15) is 19.3 Å². The molecule has 1 aromatic carbocycles. The number of fused-ring (bicyclic) bond motifs is 1. The van der Waals surface area contributed by atoms with Crippen LogP contribution < -0.4 is 5.73 Å². The number of nitrogen functional groups attached to an aromatic ring is 1. The van der Waals surface area contributed by atoms with Crippen molar-refractivity contribution in [1.82, 2.24) is 9.55 Å². The molecule has 0 unspecified atom stereocenters. The highest BCUT2D eigenvalue weighted by Crippen LogP contribution is 2.38. The average molecular weight is 310 g/mol. The van der Waals surface area contributed by atoms with Gasteiger partial charge in [0.15, 0.2) is 0 Å². The number of rotatable bonds is 3. The second-order valence-corrected chi connectivity index (χ2v) is 5.85. The van der Waals surface area contributed by atoms with Crippen molar-refractivity contribution in [2.24, 2.45) is 0 Å². The van der Waals surface area contributed by atoms with Crippen LogP contribution in [-0.4, -0.2) is 22.3 Å². The van der Waals surface area contributed by atoms with Crippen molar-refractivity contribution in [2.45, 2.75) is 31.4 Å². The van der Waals surface area contributed by atoms with Crippen LogP contribution in [0.3, 0.4) is 0 Å². The SMILES string of the molecule is COC1(Cn2c(N)nc3cc(Br)ccc32)CCC1. The van der Waals surface area contributed by atoms with Crippen molar-refractivity contribution < 1.29 is 4.74 Å². The molecule has 1 fully saturated rings. The topological polar surface area (TPSA) is 53.1 Å². The lowest BCUT2D eigenvalue weighted by atomic mass is 9.80. The van der Waals surface area contributed by atoms with Crippen molar-refractivity contribution in [3.63, 3.8) is 0 Å². The van der Waals surface area contributed by atoms with Crippen LogP contribution in [0, 0.1) is 0 Å². The minimum absolute atomic E-state index is 0.0468. The van der Waals surface area contributed by atoms with Gasteiger partial charge in [-0.15, -0.1) is 0 Å². The zero-order chi connectivity index (χ0) is 12.8. The predicted octanol–water partition coefficient (Wildman–Crippen LogP) is 2.95. The van der Waals surface area contributed by atoms with Crippen molar-refractivity contribution in [2.75, 3.05) is 12.8 Å². The summed E-state index contributed by atoms with van der Waals surface area (Å²) in [5.74, 6) is 0.562. The third-order valence-electron chi connectivity index (χ3n) is 3.88. The van der Waals surface area contributed by atoms with Gasteiger partial charge >= 0.3 is 0 Å². The van der Waals surface area contributed by atoms with Gasteiger partial charge in [0.1, 0.15) is 0 Å². The molecule has 2 N–H and O–H groups in total. The first-order valence-electron chi connectivity index (χ1n) is 6.10. The number of hydrogen-bond donors (Lipinski definition) is 1. The summed E-state index contributed by atoms with van der Waals surface area (Å²) in [6.07, 6.45) is 3.42. The molecule has 4 nitrogen and oxygen atoms in total. The number of ether oxygens (including phenoxy) is 1. The van der Waals surface area contributed by atoms with E-state index in [4.69, 9.17) is 10.5 Å². The number of nitrogens with two attached hydrogens (primary N) is 1. The van der Waals surface area contributed by atoms with Gasteiger partial charge in [-0.05, 0) is 37.5 Å². The number of nitrogens with zero attached hydrogens (tertiary/aromatic N) is 2. The van der Waals surface area contributed by atoms with Crippen molar-refractivity contribution >= 4 is 32.9 Å². The van der Waals surface area contributed by atoms with Crippen molar-refractivity contribution in [3.8, 4) is 0 Å². The van der Waals surface area contributed by atoms with Crippen molar-refractivity contribution in [3.05, 3.63) is 22.7 Å². The van der Waals surface area contributed by atoms with E-state index in [0.29, 0.717) is 5.95 Å². The number of anilines is 1. The quantitative estimate of drug-likeness (QED) is 0.948. The van der Waals surface area contributed by atoms with Crippen LogP contribution in [0.2, 0.25) is 0 Å². The Morgan fingerprint density at radius 2 is 2.28 bits per heavy atom. The highest BCUT2D eigenvalue weighted by Gasteiger charge is 2.38. The Morgan fingerprint density at radius 1 is 1.50 bits per heavy atom. The molecule has 1 aliphatic carbocycles. The van der Waals surface area contributed by atoms with E-state index in [0.717, 1.165) is 34.9 Å². The van der Waals surface area contributed by atoms with E-state index in [-0.39, 0.29) is 5.60 Å². The molecule has 1 saturated carbocycles. The van der Waals surface area contributed by atoms with Crippen LogP contribution in [0.25, 0.3) is 11.0 Å². The largest absolute Gasteiger partial charge is 0.376 e. The van der Waals surface area contributed by atoms with E-state index in [9.17, 15) is 0 Å². The highest BCUT2D eigenvalue weighted by molar-refractivity contribution is 9.10. The maximum Gasteiger partial charge on any atom is 0.201 e. The highest BCUT2D eigenvalue weighted by atomic mass is 79.9. The van der Waals surface area contributed by atoms with E-state index >= 15 is 0 Å². The fourth-order valence-electron chi connectivity index (χ4n) is 2.57. The Hall–Kier alpha value is -1.07. The van der Waals surface area contributed by atoms with Gasteiger partial charge in [0, 0.05) is 11.6 Å². The Labute approximate surface area is 114 Å². The molecule has 2 aromatic rings. The number of halogens is 1. The number of benzene rings is 1. The zero-order valence-electron chi connectivity index (χ0n) is 10.3. The summed E-state index contributed by atoms with van der Waals surface area (Å²) in [4.78, 5) is 4.41. The summed E-state index contributed by atoms with van der Waals surface area (Å²) in [7, 11) is 1.78. The summed E-state index contributed by atoms with van der Waals surface area (Å²) in [5.41, 5.74) is 7.97. The van der Waals surface area contributed by atoms with Gasteiger partial charge in [0.25, 0.3) is 0 Å². The summed E-state index contributed by atoms with van der Waals surface area (Å²) in [6.45, 7) is 0.785. The second kappa shape index (κ2) is 4.24. The minimum Gasteiger partial charge on any atom is -0.376 e. The Kier molecular flexibility index (Phi) is 2.83. The average Bonchev–Trinajstić information content (AvgIpc) is 2.59. The maximum atomic E-state index is 6.03. The van der Waals surface area contributed by atoms with Crippen molar-refractivity contribution in [1.29, 1.82) is 0 Å². The first kappa shape index (κ1) is 12.0. The molecular formula is C13H16BrN3O. The van der Waals surface area contributed by atoms with Crippen LogP contribution in [0.5, 0.6) is 0 Å². The number of aromatic nitrogens is 2. The molecule has 1 heterocycles. The zero-order valence-corrected chi connectivity index (χ0v) is 11.9. The summed E-state index contributed by atoms with van der Waals surface area (Å²) in [5, 5.41) is 0. The summed E-state index contributed by atoms with van der Waals surface area (Å²) in [6, 6.07) is 6.05. The molecule has 3 rings (SSSR count). The van der Waals surface area contributed by atoms with Gasteiger partial charge in [0.2, 0.25) is 5.95 Å². The lowest BCUT2D eigenvalue weighted by Gasteiger charge is -2.40. The number of methoxy groups -OCH3 is 1. The molecule has 0 radical (unpaired) electrons. The lowest BCUT2D eigenvalue weighted by Crippen LogP contribution is -2.43. The molecule has 0 atom stereocenters. The van der Waals surface area contributed by atoms with E-state index < -0.39 is 0 Å².